The molecule has 1 aliphatic heterocycles. The molecule has 0 saturated heterocycles. The Morgan fingerprint density at radius 1 is 0.889 bits per heavy atom. The second kappa shape index (κ2) is 4.70. The van der Waals surface area contributed by atoms with Crippen molar-refractivity contribution in [2.45, 2.75) is 12.1 Å². The van der Waals surface area contributed by atoms with E-state index in [1.54, 1.807) is 0 Å². The number of β-amino-alcohol motifs (C(OH)–C–C–N with tert-alkyl or cyclic N) is 1. The van der Waals surface area contributed by atoms with Crippen molar-refractivity contribution in [2.24, 2.45) is 0 Å². The number of nitrogens with one attached hydrogen (secondary N) is 2. The average molecular weight is 240 g/mol. The number of benzene rings is 2. The molecule has 1 heterocycles. The standard InChI is InChI=1S/C15H16N2O/c18-14-10-16-12-8-4-5-9-13(12)17-15(14)11-6-2-1-3-7-11/h1-9,14-18H,10H2. The van der Waals surface area contributed by atoms with Gasteiger partial charge in [0.2, 0.25) is 0 Å². The first kappa shape index (κ1) is 11.1. The fourth-order valence-electron chi connectivity index (χ4n) is 2.33. The van der Waals surface area contributed by atoms with Gasteiger partial charge >= 0.3 is 0 Å². The molecule has 2 atom stereocenters. The maximum absolute atomic E-state index is 10.2. The Labute approximate surface area is 106 Å². The molecule has 3 heteroatoms. The predicted molar refractivity (Wildman–Crippen MR) is 73.7 cm³/mol. The number of hydrogen-bond donors (Lipinski definition) is 3. The molecule has 0 aliphatic carbocycles. The predicted octanol–water partition coefficient (Wildman–Crippen LogP) is 2.63. The lowest BCUT2D eigenvalue weighted by molar-refractivity contribution is 0.166. The summed E-state index contributed by atoms with van der Waals surface area (Å²) in [4.78, 5) is 0. The van der Waals surface area contributed by atoms with Crippen LogP contribution in [0.2, 0.25) is 0 Å². The van der Waals surface area contributed by atoms with Crippen LogP contribution in [0.15, 0.2) is 54.6 Å². The van der Waals surface area contributed by atoms with Crippen LogP contribution in [-0.4, -0.2) is 17.8 Å². The lowest BCUT2D eigenvalue weighted by atomic mass is 10.0. The second-order valence-electron chi connectivity index (χ2n) is 4.53. The van der Waals surface area contributed by atoms with Crippen LogP contribution in [0.4, 0.5) is 11.4 Å². The zero-order chi connectivity index (χ0) is 12.4. The first-order valence-corrected chi connectivity index (χ1v) is 6.17. The van der Waals surface area contributed by atoms with Crippen molar-refractivity contribution in [2.75, 3.05) is 17.2 Å². The Bertz CT molecular complexity index is 527. The van der Waals surface area contributed by atoms with Crippen LogP contribution in [0.5, 0.6) is 0 Å². The maximum atomic E-state index is 10.2. The molecule has 0 saturated carbocycles. The summed E-state index contributed by atoms with van der Waals surface area (Å²) in [6.07, 6.45) is -0.459. The van der Waals surface area contributed by atoms with E-state index in [0.29, 0.717) is 6.54 Å². The van der Waals surface area contributed by atoms with Gasteiger partial charge in [-0.2, -0.15) is 0 Å². The highest BCUT2D eigenvalue weighted by Crippen LogP contribution is 2.31. The van der Waals surface area contributed by atoms with Gasteiger partial charge in [-0.25, -0.2) is 0 Å². The fourth-order valence-corrected chi connectivity index (χ4v) is 2.33. The van der Waals surface area contributed by atoms with Gasteiger partial charge in [0.15, 0.2) is 0 Å². The summed E-state index contributed by atoms with van der Waals surface area (Å²) < 4.78 is 0. The minimum Gasteiger partial charge on any atom is -0.389 e. The molecule has 2 unspecified atom stereocenters. The fraction of sp³-hybridized carbons (Fsp3) is 0.200. The van der Waals surface area contributed by atoms with E-state index in [9.17, 15) is 5.11 Å². The van der Waals surface area contributed by atoms with Crippen molar-refractivity contribution in [3.05, 3.63) is 60.2 Å². The second-order valence-corrected chi connectivity index (χ2v) is 4.53. The van der Waals surface area contributed by atoms with Gasteiger partial charge in [-0.1, -0.05) is 42.5 Å². The van der Waals surface area contributed by atoms with Gasteiger partial charge in [-0.3, -0.25) is 0 Å². The first-order chi connectivity index (χ1) is 8.84. The van der Waals surface area contributed by atoms with Gasteiger partial charge in [0.1, 0.15) is 0 Å². The molecule has 1 aliphatic rings. The molecule has 3 rings (SSSR count). The Balaban J connectivity index is 1.96. The smallest absolute Gasteiger partial charge is 0.0954 e. The highest BCUT2D eigenvalue weighted by atomic mass is 16.3. The Kier molecular flexibility index (Phi) is 2.90. The van der Waals surface area contributed by atoms with Crippen LogP contribution in [0.25, 0.3) is 0 Å². The van der Waals surface area contributed by atoms with Gasteiger partial charge in [0.25, 0.3) is 0 Å². The third-order valence-electron chi connectivity index (χ3n) is 3.28. The van der Waals surface area contributed by atoms with Crippen LogP contribution in [0.3, 0.4) is 0 Å². The van der Waals surface area contributed by atoms with Crippen LogP contribution in [0, 0.1) is 0 Å². The van der Waals surface area contributed by atoms with Gasteiger partial charge in [0.05, 0.1) is 23.5 Å². The number of rotatable bonds is 1. The summed E-state index contributed by atoms with van der Waals surface area (Å²) in [6, 6.07) is 18.0. The molecule has 2 aromatic carbocycles. The molecule has 2 aromatic rings. The summed E-state index contributed by atoms with van der Waals surface area (Å²) in [5.41, 5.74) is 3.17. The SMILES string of the molecule is OC1CNc2ccccc2NC1c1ccccc1. The molecule has 0 aromatic heterocycles. The third-order valence-corrected chi connectivity index (χ3v) is 3.28. The minimum atomic E-state index is -0.459. The summed E-state index contributed by atoms with van der Waals surface area (Å²) in [6.45, 7) is 0.545. The lowest BCUT2D eigenvalue weighted by Crippen LogP contribution is -2.28. The quantitative estimate of drug-likeness (QED) is 0.718. The largest absolute Gasteiger partial charge is 0.389 e. The van der Waals surface area contributed by atoms with E-state index in [1.807, 2.05) is 54.6 Å². The molecule has 3 N–H and O–H groups in total. The van der Waals surface area contributed by atoms with E-state index < -0.39 is 6.10 Å². The number of aliphatic hydroxyl groups is 1. The average Bonchev–Trinajstić information content (AvgIpc) is 2.60. The molecule has 92 valence electrons. The van der Waals surface area contributed by atoms with Crippen molar-refractivity contribution in [3.63, 3.8) is 0 Å². The zero-order valence-corrected chi connectivity index (χ0v) is 10.0. The highest BCUT2D eigenvalue weighted by Gasteiger charge is 2.24. The molecular formula is C15H16N2O. The number of para-hydroxylation sites is 2. The summed E-state index contributed by atoms with van der Waals surface area (Å²) in [7, 11) is 0. The molecule has 0 fully saturated rings. The zero-order valence-electron chi connectivity index (χ0n) is 10.0. The van der Waals surface area contributed by atoms with Gasteiger partial charge in [0, 0.05) is 6.54 Å². The third kappa shape index (κ3) is 2.05. The van der Waals surface area contributed by atoms with Crippen LogP contribution >= 0.6 is 0 Å². The molecular weight excluding hydrogens is 224 g/mol. The Morgan fingerprint density at radius 2 is 1.56 bits per heavy atom. The number of anilines is 2. The molecule has 0 spiro atoms. The first-order valence-electron chi connectivity index (χ1n) is 6.17. The van der Waals surface area contributed by atoms with Crippen molar-refractivity contribution in [1.29, 1.82) is 0 Å². The molecule has 0 amide bonds. The lowest BCUT2D eigenvalue weighted by Gasteiger charge is -2.22. The highest BCUT2D eigenvalue weighted by molar-refractivity contribution is 5.70. The van der Waals surface area contributed by atoms with Crippen molar-refractivity contribution in [3.8, 4) is 0 Å². The van der Waals surface area contributed by atoms with E-state index in [4.69, 9.17) is 0 Å². The topological polar surface area (TPSA) is 44.3 Å². The Hall–Kier alpha value is -2.00. The van der Waals surface area contributed by atoms with Crippen LogP contribution in [0.1, 0.15) is 11.6 Å². The molecule has 0 radical (unpaired) electrons. The summed E-state index contributed by atoms with van der Waals surface area (Å²) in [5, 5.41) is 16.9. The van der Waals surface area contributed by atoms with Gasteiger partial charge < -0.3 is 15.7 Å². The van der Waals surface area contributed by atoms with E-state index in [-0.39, 0.29) is 6.04 Å². The summed E-state index contributed by atoms with van der Waals surface area (Å²) >= 11 is 0. The van der Waals surface area contributed by atoms with Gasteiger partial charge in [-0.15, -0.1) is 0 Å². The Morgan fingerprint density at radius 3 is 2.33 bits per heavy atom. The van der Waals surface area contributed by atoms with Crippen LogP contribution < -0.4 is 10.6 Å². The van der Waals surface area contributed by atoms with Crippen molar-refractivity contribution in [1.82, 2.24) is 0 Å². The van der Waals surface area contributed by atoms with E-state index in [2.05, 4.69) is 10.6 Å². The number of hydrogen-bond acceptors (Lipinski definition) is 3. The molecule has 0 bridgehead atoms. The summed E-state index contributed by atoms with van der Waals surface area (Å²) in [5.74, 6) is 0. The number of aliphatic hydroxyl groups excluding tert-OH is 1. The van der Waals surface area contributed by atoms with Crippen molar-refractivity contribution < 1.29 is 5.11 Å². The minimum absolute atomic E-state index is 0.0812. The van der Waals surface area contributed by atoms with Crippen molar-refractivity contribution >= 4 is 11.4 Å². The van der Waals surface area contributed by atoms with E-state index in [1.165, 1.54) is 0 Å². The molecule has 3 nitrogen and oxygen atoms in total. The normalized spacial score (nSPS) is 22.3. The van der Waals surface area contributed by atoms with E-state index >= 15 is 0 Å². The van der Waals surface area contributed by atoms with Gasteiger partial charge in [-0.05, 0) is 17.7 Å². The molecule has 18 heavy (non-hydrogen) atoms. The maximum Gasteiger partial charge on any atom is 0.0954 e. The number of fused-ring (bicyclic) bond motifs is 1. The monoisotopic (exact) mass is 240 g/mol. The van der Waals surface area contributed by atoms with E-state index in [0.717, 1.165) is 16.9 Å². The van der Waals surface area contributed by atoms with Crippen LogP contribution in [-0.2, 0) is 0 Å².